The minimum atomic E-state index is -0.781. The summed E-state index contributed by atoms with van der Waals surface area (Å²) >= 11 is 0. The summed E-state index contributed by atoms with van der Waals surface area (Å²) in [5, 5.41) is 18.7. The van der Waals surface area contributed by atoms with Crippen molar-refractivity contribution in [3.63, 3.8) is 0 Å². The van der Waals surface area contributed by atoms with E-state index in [-0.39, 0.29) is 11.8 Å². The Morgan fingerprint density at radius 2 is 1.83 bits per heavy atom. The molecule has 1 saturated carbocycles. The van der Waals surface area contributed by atoms with Crippen molar-refractivity contribution in [1.29, 1.82) is 0 Å². The van der Waals surface area contributed by atoms with Crippen LogP contribution in [-0.4, -0.2) is 21.8 Å². The molecule has 0 radical (unpaired) electrons. The molecular formula is C15H20O3. The molecule has 1 aromatic carbocycles. The van der Waals surface area contributed by atoms with Crippen molar-refractivity contribution in [3.8, 4) is 0 Å². The van der Waals surface area contributed by atoms with Gasteiger partial charge in [-0.3, -0.25) is 4.79 Å². The van der Waals surface area contributed by atoms with E-state index in [4.69, 9.17) is 5.11 Å². The van der Waals surface area contributed by atoms with Crippen LogP contribution in [0.1, 0.15) is 44.2 Å². The molecule has 0 spiro atoms. The summed E-state index contributed by atoms with van der Waals surface area (Å²) in [5.41, 5.74) is 1.31. The molecule has 2 rings (SSSR count). The lowest BCUT2D eigenvalue weighted by molar-refractivity contribution is -0.138. The van der Waals surface area contributed by atoms with Crippen LogP contribution >= 0.6 is 0 Å². The quantitative estimate of drug-likeness (QED) is 0.841. The minimum absolute atomic E-state index is 0.121. The molecule has 1 fully saturated rings. The Labute approximate surface area is 107 Å². The highest BCUT2D eigenvalue weighted by atomic mass is 16.4. The van der Waals surface area contributed by atoms with Crippen LogP contribution < -0.4 is 0 Å². The smallest absolute Gasteiger partial charge is 0.304 e. The van der Waals surface area contributed by atoms with Crippen LogP contribution in [0.5, 0.6) is 0 Å². The SMILES string of the molecule is CC(C)(CC(=O)O)c1ccc(CC2(O)CC2)cc1. The van der Waals surface area contributed by atoms with Crippen molar-refractivity contribution >= 4 is 5.97 Å². The standard InChI is InChI=1S/C15H20O3/c1-14(2,10-13(16)17)12-5-3-11(4-6-12)9-15(18)7-8-15/h3-6,18H,7-10H2,1-2H3,(H,16,17). The Morgan fingerprint density at radius 1 is 1.28 bits per heavy atom. The molecule has 0 aliphatic heterocycles. The number of aliphatic carboxylic acids is 1. The van der Waals surface area contributed by atoms with Crippen molar-refractivity contribution in [2.45, 2.75) is 50.5 Å². The van der Waals surface area contributed by atoms with Gasteiger partial charge in [-0.2, -0.15) is 0 Å². The fourth-order valence-corrected chi connectivity index (χ4v) is 2.25. The molecule has 0 atom stereocenters. The van der Waals surface area contributed by atoms with Gasteiger partial charge >= 0.3 is 5.97 Å². The number of benzene rings is 1. The Bertz CT molecular complexity index is 441. The van der Waals surface area contributed by atoms with Crippen LogP contribution in [0.3, 0.4) is 0 Å². The van der Waals surface area contributed by atoms with Crippen molar-refractivity contribution < 1.29 is 15.0 Å². The van der Waals surface area contributed by atoms with Crippen molar-refractivity contribution in [3.05, 3.63) is 35.4 Å². The van der Waals surface area contributed by atoms with Gasteiger partial charge in [-0.1, -0.05) is 38.1 Å². The Balaban J connectivity index is 2.09. The maximum Gasteiger partial charge on any atom is 0.304 e. The van der Waals surface area contributed by atoms with E-state index in [2.05, 4.69) is 0 Å². The first-order valence-electron chi connectivity index (χ1n) is 6.34. The maximum absolute atomic E-state index is 10.8. The third kappa shape index (κ3) is 3.10. The van der Waals surface area contributed by atoms with Gasteiger partial charge < -0.3 is 10.2 Å². The van der Waals surface area contributed by atoms with E-state index in [9.17, 15) is 9.90 Å². The monoisotopic (exact) mass is 248 g/mol. The number of aliphatic hydroxyl groups is 1. The number of hydrogen-bond donors (Lipinski definition) is 2. The summed E-state index contributed by atoms with van der Waals surface area (Å²) in [6.45, 7) is 3.87. The van der Waals surface area contributed by atoms with Crippen LogP contribution in [0.2, 0.25) is 0 Å². The van der Waals surface area contributed by atoms with Gasteiger partial charge in [-0.05, 0) is 24.0 Å². The summed E-state index contributed by atoms with van der Waals surface area (Å²) in [6.07, 6.45) is 2.60. The summed E-state index contributed by atoms with van der Waals surface area (Å²) in [4.78, 5) is 10.8. The van der Waals surface area contributed by atoms with Crippen LogP contribution in [0.25, 0.3) is 0 Å². The predicted molar refractivity (Wildman–Crippen MR) is 69.6 cm³/mol. The molecule has 1 aliphatic rings. The van der Waals surface area contributed by atoms with E-state index >= 15 is 0 Å². The second kappa shape index (κ2) is 4.39. The van der Waals surface area contributed by atoms with E-state index in [1.807, 2.05) is 38.1 Å². The minimum Gasteiger partial charge on any atom is -0.481 e. The second-order valence-electron chi connectivity index (χ2n) is 6.05. The molecule has 0 unspecified atom stereocenters. The summed E-state index contributed by atoms with van der Waals surface area (Å²) < 4.78 is 0. The van der Waals surface area contributed by atoms with Crippen LogP contribution in [0.4, 0.5) is 0 Å². The first-order chi connectivity index (χ1) is 8.31. The van der Waals surface area contributed by atoms with Crippen LogP contribution in [-0.2, 0) is 16.6 Å². The number of rotatable bonds is 5. The molecule has 0 saturated heterocycles. The van der Waals surface area contributed by atoms with Gasteiger partial charge in [0.1, 0.15) is 0 Å². The lowest BCUT2D eigenvalue weighted by atomic mass is 9.81. The van der Waals surface area contributed by atoms with Gasteiger partial charge in [-0.25, -0.2) is 0 Å². The summed E-state index contributed by atoms with van der Waals surface area (Å²) in [5.74, 6) is -0.781. The molecule has 1 aliphatic carbocycles. The topological polar surface area (TPSA) is 57.5 Å². The Hall–Kier alpha value is -1.35. The van der Waals surface area contributed by atoms with E-state index < -0.39 is 11.6 Å². The van der Waals surface area contributed by atoms with Gasteiger partial charge in [0.2, 0.25) is 0 Å². The lowest BCUT2D eigenvalue weighted by Gasteiger charge is -2.23. The molecule has 3 heteroatoms. The Kier molecular flexibility index (Phi) is 3.20. The van der Waals surface area contributed by atoms with Crippen LogP contribution in [0.15, 0.2) is 24.3 Å². The average molecular weight is 248 g/mol. The average Bonchev–Trinajstić information content (AvgIpc) is 2.95. The maximum atomic E-state index is 10.8. The largest absolute Gasteiger partial charge is 0.481 e. The molecule has 0 amide bonds. The molecule has 0 aromatic heterocycles. The lowest BCUT2D eigenvalue weighted by Crippen LogP contribution is -2.21. The third-order valence-electron chi connectivity index (χ3n) is 3.69. The molecule has 98 valence electrons. The van der Waals surface area contributed by atoms with E-state index in [0.29, 0.717) is 6.42 Å². The molecule has 3 nitrogen and oxygen atoms in total. The molecule has 1 aromatic rings. The van der Waals surface area contributed by atoms with Crippen molar-refractivity contribution in [1.82, 2.24) is 0 Å². The molecule has 18 heavy (non-hydrogen) atoms. The number of carboxylic acids is 1. The fraction of sp³-hybridized carbons (Fsp3) is 0.533. The summed E-state index contributed by atoms with van der Waals surface area (Å²) in [6, 6.07) is 7.94. The van der Waals surface area contributed by atoms with Gasteiger partial charge in [0.25, 0.3) is 0 Å². The first kappa shape index (κ1) is 13.1. The number of carboxylic acid groups (broad SMARTS) is 1. The fourth-order valence-electron chi connectivity index (χ4n) is 2.25. The van der Waals surface area contributed by atoms with E-state index in [1.54, 1.807) is 0 Å². The summed E-state index contributed by atoms with van der Waals surface area (Å²) in [7, 11) is 0. The number of carbonyl (C=O) groups is 1. The van der Waals surface area contributed by atoms with Crippen molar-refractivity contribution in [2.75, 3.05) is 0 Å². The normalized spacial score (nSPS) is 17.5. The highest BCUT2D eigenvalue weighted by Gasteiger charge is 2.40. The zero-order valence-electron chi connectivity index (χ0n) is 10.9. The highest BCUT2D eigenvalue weighted by Crippen LogP contribution is 2.38. The molecular weight excluding hydrogens is 228 g/mol. The van der Waals surface area contributed by atoms with Crippen LogP contribution in [0, 0.1) is 0 Å². The molecule has 2 N–H and O–H groups in total. The predicted octanol–water partition coefficient (Wildman–Crippen LogP) is 2.51. The van der Waals surface area contributed by atoms with E-state index in [0.717, 1.165) is 24.0 Å². The Morgan fingerprint density at radius 3 is 2.28 bits per heavy atom. The highest BCUT2D eigenvalue weighted by molar-refractivity contribution is 5.68. The van der Waals surface area contributed by atoms with Gasteiger partial charge in [-0.15, -0.1) is 0 Å². The van der Waals surface area contributed by atoms with E-state index in [1.165, 1.54) is 0 Å². The zero-order valence-corrected chi connectivity index (χ0v) is 10.9. The zero-order chi connectivity index (χ0) is 13.4. The second-order valence-corrected chi connectivity index (χ2v) is 6.05. The molecule has 0 heterocycles. The van der Waals surface area contributed by atoms with Gasteiger partial charge in [0.15, 0.2) is 0 Å². The molecule has 0 bridgehead atoms. The van der Waals surface area contributed by atoms with Crippen molar-refractivity contribution in [2.24, 2.45) is 0 Å². The third-order valence-corrected chi connectivity index (χ3v) is 3.69. The van der Waals surface area contributed by atoms with Gasteiger partial charge in [0.05, 0.1) is 12.0 Å². The number of hydrogen-bond acceptors (Lipinski definition) is 2. The first-order valence-corrected chi connectivity index (χ1v) is 6.34. The van der Waals surface area contributed by atoms with Gasteiger partial charge in [0, 0.05) is 11.8 Å².